The van der Waals surface area contributed by atoms with Gasteiger partial charge in [-0.25, -0.2) is 13.1 Å². The van der Waals surface area contributed by atoms with E-state index < -0.39 is 15.9 Å². The number of hydrogen-bond donors (Lipinski definition) is 1. The molecule has 0 fully saturated rings. The Morgan fingerprint density at radius 3 is 2.28 bits per heavy atom. The highest BCUT2D eigenvalue weighted by atomic mass is 32.2. The second-order valence-electron chi connectivity index (χ2n) is 7.24. The molecule has 5 heteroatoms. The van der Waals surface area contributed by atoms with Crippen LogP contribution in [0.4, 0.5) is 0 Å². The first-order chi connectivity index (χ1) is 11.6. The number of rotatable bonds is 5. The molecular weight excluding hydrogens is 334 g/mol. The Morgan fingerprint density at radius 1 is 1.04 bits per heavy atom. The van der Waals surface area contributed by atoms with Crippen molar-refractivity contribution in [2.45, 2.75) is 50.8 Å². The molecule has 1 amide bonds. The SMILES string of the molecule is Cc1ccc(C(C)(C)C)cc1S(=O)(=O)NC(=O)CCc1ccccc1. The number of sulfonamides is 1. The van der Waals surface area contributed by atoms with E-state index >= 15 is 0 Å². The Kier molecular flexibility index (Phi) is 5.68. The molecule has 25 heavy (non-hydrogen) atoms. The van der Waals surface area contributed by atoms with E-state index in [2.05, 4.69) is 4.72 Å². The highest BCUT2D eigenvalue weighted by Gasteiger charge is 2.23. The fourth-order valence-corrected chi connectivity index (χ4v) is 3.80. The Morgan fingerprint density at radius 2 is 1.68 bits per heavy atom. The molecule has 2 aromatic rings. The standard InChI is InChI=1S/C20H25NO3S/c1-15-10-12-17(20(2,3)4)14-18(15)25(23,24)21-19(22)13-11-16-8-6-5-7-9-16/h5-10,12,14H,11,13H2,1-4H3,(H,21,22). The summed E-state index contributed by atoms with van der Waals surface area (Å²) >= 11 is 0. The lowest BCUT2D eigenvalue weighted by Crippen LogP contribution is -2.31. The second-order valence-corrected chi connectivity index (χ2v) is 8.90. The molecule has 134 valence electrons. The predicted molar refractivity (Wildman–Crippen MR) is 100.0 cm³/mol. The zero-order chi connectivity index (χ0) is 18.7. The number of carbonyl (C=O) groups excluding carboxylic acids is 1. The van der Waals surface area contributed by atoms with Crippen molar-refractivity contribution >= 4 is 15.9 Å². The minimum Gasteiger partial charge on any atom is -0.274 e. The number of carbonyl (C=O) groups is 1. The Hall–Kier alpha value is -2.14. The van der Waals surface area contributed by atoms with Crippen molar-refractivity contribution < 1.29 is 13.2 Å². The lowest BCUT2D eigenvalue weighted by atomic mass is 9.87. The van der Waals surface area contributed by atoms with E-state index in [-0.39, 0.29) is 16.7 Å². The number of nitrogens with one attached hydrogen (secondary N) is 1. The third-order valence-corrected chi connectivity index (χ3v) is 5.59. The third kappa shape index (κ3) is 5.16. The fraction of sp³-hybridized carbons (Fsp3) is 0.350. The zero-order valence-electron chi connectivity index (χ0n) is 15.2. The van der Waals surface area contributed by atoms with Crippen LogP contribution in [0.3, 0.4) is 0 Å². The molecule has 0 unspecified atom stereocenters. The van der Waals surface area contributed by atoms with Crippen molar-refractivity contribution in [2.75, 3.05) is 0 Å². The van der Waals surface area contributed by atoms with Crippen LogP contribution in [0.15, 0.2) is 53.4 Å². The van der Waals surface area contributed by atoms with Crippen molar-refractivity contribution in [1.82, 2.24) is 4.72 Å². The molecular formula is C20H25NO3S. The number of amides is 1. The highest BCUT2D eigenvalue weighted by Crippen LogP contribution is 2.26. The summed E-state index contributed by atoms with van der Waals surface area (Å²) in [6.45, 7) is 7.79. The molecule has 1 N–H and O–H groups in total. The molecule has 0 aromatic heterocycles. The first-order valence-corrected chi connectivity index (χ1v) is 9.78. The van der Waals surface area contributed by atoms with Crippen LogP contribution in [0.1, 0.15) is 43.9 Å². The third-order valence-electron chi connectivity index (χ3n) is 4.08. The van der Waals surface area contributed by atoms with Gasteiger partial charge in [0.1, 0.15) is 0 Å². The molecule has 0 bridgehead atoms. The lowest BCUT2D eigenvalue weighted by Gasteiger charge is -2.20. The van der Waals surface area contributed by atoms with Crippen molar-refractivity contribution in [1.29, 1.82) is 0 Å². The number of benzene rings is 2. The van der Waals surface area contributed by atoms with E-state index in [9.17, 15) is 13.2 Å². The van der Waals surface area contributed by atoms with E-state index in [0.29, 0.717) is 12.0 Å². The maximum atomic E-state index is 12.6. The van der Waals surface area contributed by atoms with Crippen LogP contribution < -0.4 is 4.72 Å². The molecule has 0 spiro atoms. The first kappa shape index (κ1) is 19.2. The van der Waals surface area contributed by atoms with Gasteiger partial charge in [-0.05, 0) is 41.5 Å². The van der Waals surface area contributed by atoms with Gasteiger partial charge in [0, 0.05) is 6.42 Å². The summed E-state index contributed by atoms with van der Waals surface area (Å²) in [6, 6.07) is 14.9. The van der Waals surface area contributed by atoms with Crippen LogP contribution in [0.25, 0.3) is 0 Å². The van der Waals surface area contributed by atoms with Crippen LogP contribution in [0.5, 0.6) is 0 Å². The minimum atomic E-state index is -3.88. The first-order valence-electron chi connectivity index (χ1n) is 8.30. The highest BCUT2D eigenvalue weighted by molar-refractivity contribution is 7.90. The summed E-state index contributed by atoms with van der Waals surface area (Å²) in [7, 11) is -3.88. The maximum Gasteiger partial charge on any atom is 0.264 e. The van der Waals surface area contributed by atoms with E-state index in [4.69, 9.17) is 0 Å². The summed E-state index contributed by atoms with van der Waals surface area (Å²) in [5.41, 5.74) is 2.36. The van der Waals surface area contributed by atoms with Gasteiger partial charge in [-0.3, -0.25) is 4.79 Å². The predicted octanol–water partition coefficient (Wildman–Crippen LogP) is 3.73. The molecule has 2 rings (SSSR count). The van der Waals surface area contributed by atoms with Crippen LogP contribution in [-0.4, -0.2) is 14.3 Å². The molecule has 0 aliphatic heterocycles. The number of hydrogen-bond acceptors (Lipinski definition) is 3. The van der Waals surface area contributed by atoms with Gasteiger partial charge in [0.25, 0.3) is 10.0 Å². The van der Waals surface area contributed by atoms with E-state index in [1.807, 2.05) is 57.2 Å². The van der Waals surface area contributed by atoms with Crippen LogP contribution >= 0.6 is 0 Å². The van der Waals surface area contributed by atoms with E-state index in [1.165, 1.54) is 0 Å². The van der Waals surface area contributed by atoms with Gasteiger partial charge in [0.05, 0.1) is 4.90 Å². The largest absolute Gasteiger partial charge is 0.274 e. The van der Waals surface area contributed by atoms with Gasteiger partial charge in [-0.1, -0.05) is 63.2 Å². The molecule has 0 aliphatic carbocycles. The average Bonchev–Trinajstić information content (AvgIpc) is 2.52. The van der Waals surface area contributed by atoms with E-state index in [1.54, 1.807) is 19.1 Å². The van der Waals surface area contributed by atoms with Gasteiger partial charge in [-0.2, -0.15) is 0 Å². The second kappa shape index (κ2) is 7.40. The van der Waals surface area contributed by atoms with Gasteiger partial charge in [0.15, 0.2) is 0 Å². The van der Waals surface area contributed by atoms with Crippen LogP contribution in [-0.2, 0) is 26.7 Å². The zero-order valence-corrected chi connectivity index (χ0v) is 16.0. The topological polar surface area (TPSA) is 63.2 Å². The van der Waals surface area contributed by atoms with Crippen LogP contribution in [0, 0.1) is 6.92 Å². The summed E-state index contributed by atoms with van der Waals surface area (Å²) < 4.78 is 27.4. The minimum absolute atomic E-state index is 0.126. The van der Waals surface area contributed by atoms with Gasteiger partial charge in [-0.15, -0.1) is 0 Å². The fourth-order valence-electron chi connectivity index (χ4n) is 2.51. The Labute approximate surface area is 150 Å². The molecule has 2 aromatic carbocycles. The Balaban J connectivity index is 2.14. The van der Waals surface area contributed by atoms with Crippen molar-refractivity contribution in [3.8, 4) is 0 Å². The molecule has 0 heterocycles. The molecule has 0 radical (unpaired) electrons. The summed E-state index contributed by atoms with van der Waals surface area (Å²) in [4.78, 5) is 12.3. The Bertz CT molecular complexity index is 850. The van der Waals surface area contributed by atoms with Crippen LogP contribution in [0.2, 0.25) is 0 Å². The maximum absolute atomic E-state index is 12.6. The molecule has 4 nitrogen and oxygen atoms in total. The van der Waals surface area contributed by atoms with Gasteiger partial charge >= 0.3 is 0 Å². The van der Waals surface area contributed by atoms with E-state index in [0.717, 1.165) is 11.1 Å². The van der Waals surface area contributed by atoms with Crippen molar-refractivity contribution in [3.05, 3.63) is 65.2 Å². The quantitative estimate of drug-likeness (QED) is 0.885. The smallest absolute Gasteiger partial charge is 0.264 e. The van der Waals surface area contributed by atoms with Crippen molar-refractivity contribution in [3.63, 3.8) is 0 Å². The van der Waals surface area contributed by atoms with Gasteiger partial charge < -0.3 is 0 Å². The average molecular weight is 359 g/mol. The number of aryl methyl sites for hydroxylation is 2. The van der Waals surface area contributed by atoms with Crippen molar-refractivity contribution in [2.24, 2.45) is 0 Å². The van der Waals surface area contributed by atoms with Gasteiger partial charge in [0.2, 0.25) is 5.91 Å². The summed E-state index contributed by atoms with van der Waals surface area (Å²) in [5, 5.41) is 0. The summed E-state index contributed by atoms with van der Waals surface area (Å²) in [5.74, 6) is -0.496. The lowest BCUT2D eigenvalue weighted by molar-refractivity contribution is -0.119. The monoisotopic (exact) mass is 359 g/mol. The molecule has 0 saturated carbocycles. The molecule has 0 saturated heterocycles. The normalized spacial score (nSPS) is 12.0. The summed E-state index contributed by atoms with van der Waals surface area (Å²) in [6.07, 6.45) is 0.629. The molecule has 0 aliphatic rings. The molecule has 0 atom stereocenters.